The lowest BCUT2D eigenvalue weighted by atomic mass is 9.77. The minimum atomic E-state index is -1.12. The van der Waals surface area contributed by atoms with E-state index in [0.29, 0.717) is 29.5 Å². The van der Waals surface area contributed by atoms with Gasteiger partial charge in [0.15, 0.2) is 0 Å². The molecule has 6 nitrogen and oxygen atoms in total. The van der Waals surface area contributed by atoms with Crippen LogP contribution in [0.3, 0.4) is 0 Å². The largest absolute Gasteiger partial charge is 0.497 e. The number of benzene rings is 3. The highest BCUT2D eigenvalue weighted by molar-refractivity contribution is 5.95. The van der Waals surface area contributed by atoms with Crippen LogP contribution in [0.2, 0.25) is 0 Å². The maximum atomic E-state index is 14.7. The molecule has 0 heterocycles. The third kappa shape index (κ3) is 7.75. The van der Waals surface area contributed by atoms with Crippen LogP contribution < -0.4 is 10.1 Å². The minimum absolute atomic E-state index is 0.0249. The fraction of sp³-hybridized carbons (Fsp3) is 0.405. The molecule has 234 valence electrons. The first kappa shape index (κ1) is 32.9. The van der Waals surface area contributed by atoms with Crippen LogP contribution in [0.25, 0.3) is 5.57 Å². The summed E-state index contributed by atoms with van der Waals surface area (Å²) < 4.78 is 25.8. The molecule has 1 N–H and O–H groups in total. The van der Waals surface area contributed by atoms with Crippen LogP contribution in [0.4, 0.5) is 4.39 Å². The Kier molecular flexibility index (Phi) is 11.3. The lowest BCUT2D eigenvalue weighted by Crippen LogP contribution is -2.42. The van der Waals surface area contributed by atoms with E-state index in [9.17, 15) is 14.0 Å². The highest BCUT2D eigenvalue weighted by atomic mass is 19.1. The third-order valence-corrected chi connectivity index (χ3v) is 8.36. The average Bonchev–Trinajstić information content (AvgIpc) is 3.48. The molecule has 4 rings (SSSR count). The monoisotopic (exact) mass is 600 g/mol. The number of allylic oxidation sites excluding steroid dienone is 1. The molecule has 3 aromatic rings. The predicted octanol–water partition coefficient (Wildman–Crippen LogP) is 7.24. The van der Waals surface area contributed by atoms with Crippen molar-refractivity contribution in [2.75, 3.05) is 26.7 Å². The van der Waals surface area contributed by atoms with Crippen molar-refractivity contribution in [1.82, 2.24) is 10.2 Å². The lowest BCUT2D eigenvalue weighted by Gasteiger charge is -2.27. The molecule has 0 radical (unpaired) electrons. The molecule has 1 unspecified atom stereocenters. The fourth-order valence-electron chi connectivity index (χ4n) is 6.08. The minimum Gasteiger partial charge on any atom is -0.497 e. The van der Waals surface area contributed by atoms with E-state index in [0.717, 1.165) is 54.9 Å². The lowest BCUT2D eigenvalue weighted by molar-refractivity contribution is -0.150. The number of esters is 1. The fourth-order valence-corrected chi connectivity index (χ4v) is 6.08. The highest BCUT2D eigenvalue weighted by Gasteiger charge is 2.45. The number of methoxy groups -OCH3 is 1. The summed E-state index contributed by atoms with van der Waals surface area (Å²) in [7, 11) is 1.60. The zero-order chi connectivity index (χ0) is 31.7. The number of ether oxygens (including phenoxy) is 2. The van der Waals surface area contributed by atoms with Crippen LogP contribution in [-0.4, -0.2) is 49.6 Å². The average molecular weight is 601 g/mol. The molecule has 0 saturated heterocycles. The van der Waals surface area contributed by atoms with E-state index < -0.39 is 11.4 Å². The van der Waals surface area contributed by atoms with Crippen LogP contribution in [0.5, 0.6) is 5.75 Å². The van der Waals surface area contributed by atoms with Gasteiger partial charge in [-0.25, -0.2) is 4.39 Å². The smallest absolute Gasteiger partial charge is 0.320 e. The van der Waals surface area contributed by atoms with Gasteiger partial charge >= 0.3 is 5.97 Å². The molecule has 0 spiro atoms. The van der Waals surface area contributed by atoms with Gasteiger partial charge in [-0.1, -0.05) is 56.3 Å². The molecule has 0 bridgehead atoms. The van der Waals surface area contributed by atoms with Gasteiger partial charge in [0, 0.05) is 18.2 Å². The predicted molar refractivity (Wildman–Crippen MR) is 173 cm³/mol. The summed E-state index contributed by atoms with van der Waals surface area (Å²) in [6, 6.07) is 19.7. The zero-order valence-corrected chi connectivity index (χ0v) is 26.6. The molecule has 0 aromatic heterocycles. The summed E-state index contributed by atoms with van der Waals surface area (Å²) in [5, 5.41) is 3.13. The van der Waals surface area contributed by atoms with Crippen LogP contribution in [0, 0.1) is 12.7 Å². The maximum Gasteiger partial charge on any atom is 0.320 e. The van der Waals surface area contributed by atoms with Gasteiger partial charge < -0.3 is 19.7 Å². The Bertz CT molecular complexity index is 1450. The molecule has 2 atom stereocenters. The number of halogens is 1. The van der Waals surface area contributed by atoms with Crippen molar-refractivity contribution in [2.24, 2.45) is 0 Å². The number of hydrogen-bond acceptors (Lipinski definition) is 5. The van der Waals surface area contributed by atoms with Crippen molar-refractivity contribution in [3.63, 3.8) is 0 Å². The number of carbonyl (C=O) groups excluding carboxylic acids is 2. The van der Waals surface area contributed by atoms with Gasteiger partial charge in [0.25, 0.3) is 5.91 Å². The van der Waals surface area contributed by atoms with E-state index in [2.05, 4.69) is 24.1 Å². The standard InChI is InChI=1S/C37H45FN2O4/c1-6-21-40(22-7-2)24-26(3)39-35(41)30-15-13-29(14-16-30)31-19-20-37(23-31,33-9-8-10-34(38)27(33)4)36(42)44-25-28-11-17-32(43-5)18-12-28/h8-18,23,26H,6-7,19-22,24-25H2,1-5H3,(H,39,41)/t26-,37?/m1/s1. The van der Waals surface area contributed by atoms with Crippen molar-refractivity contribution in [3.05, 3.63) is 106 Å². The Labute approximate surface area is 261 Å². The van der Waals surface area contributed by atoms with E-state index >= 15 is 0 Å². The Balaban J connectivity index is 1.53. The van der Waals surface area contributed by atoms with Gasteiger partial charge in [0.1, 0.15) is 23.6 Å². The number of rotatable bonds is 14. The third-order valence-electron chi connectivity index (χ3n) is 8.36. The maximum absolute atomic E-state index is 14.7. The summed E-state index contributed by atoms with van der Waals surface area (Å²) >= 11 is 0. The normalized spacial score (nSPS) is 16.8. The van der Waals surface area contributed by atoms with Crippen LogP contribution >= 0.6 is 0 Å². The van der Waals surface area contributed by atoms with Gasteiger partial charge in [-0.15, -0.1) is 0 Å². The van der Waals surface area contributed by atoms with Crippen molar-refractivity contribution in [3.8, 4) is 5.75 Å². The van der Waals surface area contributed by atoms with Crippen LogP contribution in [0.1, 0.15) is 79.1 Å². The zero-order valence-electron chi connectivity index (χ0n) is 26.6. The number of amides is 1. The van der Waals surface area contributed by atoms with Gasteiger partial charge in [-0.05, 0) is 111 Å². The van der Waals surface area contributed by atoms with E-state index in [4.69, 9.17) is 9.47 Å². The molecule has 1 aliphatic rings. The second-order valence-corrected chi connectivity index (χ2v) is 11.7. The summed E-state index contributed by atoms with van der Waals surface area (Å²) in [6.07, 6.45) is 5.16. The molecule has 0 fully saturated rings. The van der Waals surface area contributed by atoms with E-state index in [-0.39, 0.29) is 24.4 Å². The molecule has 1 amide bonds. The Morgan fingerprint density at radius 1 is 1.00 bits per heavy atom. The molecular weight excluding hydrogens is 555 g/mol. The second-order valence-electron chi connectivity index (χ2n) is 11.7. The molecule has 0 saturated carbocycles. The van der Waals surface area contributed by atoms with Crippen LogP contribution in [-0.2, 0) is 21.6 Å². The number of nitrogens with zero attached hydrogens (tertiary/aromatic N) is 1. The SMILES string of the molecule is CCCN(CCC)C[C@@H](C)NC(=O)c1ccc(C2=CC(C(=O)OCc3ccc(OC)cc3)(c3cccc(F)c3C)CC2)cc1. The molecule has 44 heavy (non-hydrogen) atoms. The summed E-state index contributed by atoms with van der Waals surface area (Å²) in [5.41, 5.74) is 3.22. The number of hydrogen-bond donors (Lipinski definition) is 1. The van der Waals surface area contributed by atoms with Gasteiger partial charge in [0.2, 0.25) is 0 Å². The quantitative estimate of drug-likeness (QED) is 0.198. The van der Waals surface area contributed by atoms with Gasteiger partial charge in [-0.2, -0.15) is 0 Å². The number of carbonyl (C=O) groups is 2. The summed E-state index contributed by atoms with van der Waals surface area (Å²) in [6.45, 7) is 11.0. The first-order valence-corrected chi connectivity index (χ1v) is 15.6. The highest BCUT2D eigenvalue weighted by Crippen LogP contribution is 2.45. The topological polar surface area (TPSA) is 67.9 Å². The summed E-state index contributed by atoms with van der Waals surface area (Å²) in [5.74, 6) is -0.158. The van der Waals surface area contributed by atoms with Crippen molar-refractivity contribution in [2.45, 2.75) is 71.4 Å². The Hall–Kier alpha value is -3.97. The molecule has 7 heteroatoms. The first-order chi connectivity index (χ1) is 21.2. The second kappa shape index (κ2) is 15.2. The Morgan fingerprint density at radius 2 is 1.68 bits per heavy atom. The first-order valence-electron chi connectivity index (χ1n) is 15.6. The van der Waals surface area contributed by atoms with Gasteiger partial charge in [0.05, 0.1) is 7.11 Å². The number of nitrogens with one attached hydrogen (secondary N) is 1. The van der Waals surface area contributed by atoms with Crippen molar-refractivity contribution in [1.29, 1.82) is 0 Å². The van der Waals surface area contributed by atoms with Crippen LogP contribution in [0.15, 0.2) is 72.8 Å². The molecule has 1 aliphatic carbocycles. The van der Waals surface area contributed by atoms with Crippen molar-refractivity contribution < 1.29 is 23.5 Å². The molecule has 0 aliphatic heterocycles. The van der Waals surface area contributed by atoms with Crippen molar-refractivity contribution >= 4 is 17.4 Å². The Morgan fingerprint density at radius 3 is 2.32 bits per heavy atom. The van der Waals surface area contributed by atoms with E-state index in [1.165, 1.54) is 6.07 Å². The molecule has 3 aromatic carbocycles. The van der Waals surface area contributed by atoms with Gasteiger partial charge in [-0.3, -0.25) is 9.59 Å². The summed E-state index contributed by atoms with van der Waals surface area (Å²) in [4.78, 5) is 29.2. The molecular formula is C37H45FN2O4. The van der Waals surface area contributed by atoms with E-state index in [1.54, 1.807) is 20.1 Å². The van der Waals surface area contributed by atoms with E-state index in [1.807, 2.05) is 67.6 Å².